The summed E-state index contributed by atoms with van der Waals surface area (Å²) < 4.78 is 38.1. The molecule has 0 aromatic rings. The second-order valence-corrected chi connectivity index (χ2v) is 3.37. The molecule has 7 heteroatoms. The van der Waals surface area contributed by atoms with Crippen molar-refractivity contribution in [2.45, 2.75) is 13.1 Å². The minimum atomic E-state index is -4.31. The molecule has 1 aliphatic rings. The third-order valence-electron chi connectivity index (χ3n) is 2.35. The van der Waals surface area contributed by atoms with Gasteiger partial charge in [-0.1, -0.05) is 0 Å². The van der Waals surface area contributed by atoms with E-state index in [4.69, 9.17) is 5.73 Å². The summed E-state index contributed by atoms with van der Waals surface area (Å²) in [6.07, 6.45) is -4.31. The van der Waals surface area contributed by atoms with Gasteiger partial charge in [0.25, 0.3) is 0 Å². The van der Waals surface area contributed by atoms with E-state index < -0.39 is 12.1 Å². The molecule has 0 aromatic carbocycles. The summed E-state index contributed by atoms with van der Waals surface area (Å²) in [6, 6.07) is 0. The lowest BCUT2D eigenvalue weighted by molar-refractivity contribution is -0.159. The molecule has 0 aromatic heterocycles. The van der Waals surface area contributed by atoms with Crippen molar-refractivity contribution < 1.29 is 13.2 Å². The predicted molar refractivity (Wildman–Crippen MR) is 55.8 cm³/mol. The van der Waals surface area contributed by atoms with Gasteiger partial charge in [-0.05, 0) is 6.92 Å². The Kier molecular flexibility index (Phi) is 3.66. The summed E-state index contributed by atoms with van der Waals surface area (Å²) >= 11 is 0. The predicted octanol–water partition coefficient (Wildman–Crippen LogP) is 0.576. The van der Waals surface area contributed by atoms with Crippen LogP contribution < -0.4 is 16.4 Å². The molecule has 0 bridgehead atoms. The van der Waals surface area contributed by atoms with E-state index in [-0.39, 0.29) is 18.0 Å². The van der Waals surface area contributed by atoms with Crippen LogP contribution in [-0.2, 0) is 0 Å². The third-order valence-corrected chi connectivity index (χ3v) is 2.35. The maximum Gasteiger partial charge on any atom is 0.397 e. The van der Waals surface area contributed by atoms with Crippen LogP contribution in [0.4, 0.5) is 13.2 Å². The van der Waals surface area contributed by atoms with E-state index in [1.165, 1.54) is 0 Å². The molecule has 0 saturated carbocycles. The molecule has 92 valence electrons. The van der Waals surface area contributed by atoms with Crippen molar-refractivity contribution in [1.29, 1.82) is 0 Å². The van der Waals surface area contributed by atoms with E-state index in [0.717, 1.165) is 0 Å². The van der Waals surface area contributed by atoms with Crippen LogP contribution in [0.1, 0.15) is 6.92 Å². The van der Waals surface area contributed by atoms with Crippen LogP contribution in [0.25, 0.3) is 0 Å². The van der Waals surface area contributed by atoms with E-state index >= 15 is 0 Å². The Hall–Kier alpha value is -1.40. The lowest BCUT2D eigenvalue weighted by Gasteiger charge is -2.17. The van der Waals surface area contributed by atoms with Gasteiger partial charge in [-0.15, -0.1) is 0 Å². The number of alkyl halides is 3. The molecule has 0 amide bonds. The lowest BCUT2D eigenvalue weighted by atomic mass is 10.0. The van der Waals surface area contributed by atoms with Crippen molar-refractivity contribution in [2.75, 3.05) is 20.1 Å². The van der Waals surface area contributed by atoms with E-state index in [1.807, 2.05) is 0 Å². The average Bonchev–Trinajstić information content (AvgIpc) is 2.60. The maximum atomic E-state index is 12.7. The highest BCUT2D eigenvalue weighted by atomic mass is 19.4. The monoisotopic (exact) mass is 236 g/mol. The van der Waals surface area contributed by atoms with Crippen molar-refractivity contribution in [2.24, 2.45) is 16.6 Å². The Balaban J connectivity index is 3.09. The van der Waals surface area contributed by atoms with Gasteiger partial charge in [0.05, 0.1) is 0 Å². The number of hydrogen-bond acceptors (Lipinski definition) is 3. The van der Waals surface area contributed by atoms with Gasteiger partial charge < -0.3 is 16.4 Å². The smallest absolute Gasteiger partial charge is 0.384 e. The fourth-order valence-electron chi connectivity index (χ4n) is 1.64. The van der Waals surface area contributed by atoms with Gasteiger partial charge in [0.15, 0.2) is 0 Å². The highest BCUT2D eigenvalue weighted by molar-refractivity contribution is 5.98. The zero-order chi connectivity index (χ0) is 12.3. The van der Waals surface area contributed by atoms with Crippen LogP contribution in [0.3, 0.4) is 0 Å². The summed E-state index contributed by atoms with van der Waals surface area (Å²) in [7, 11) is 1.54. The molecular weight excluding hydrogens is 221 g/mol. The molecular formula is C9H15F3N4. The Morgan fingerprint density at radius 1 is 1.62 bits per heavy atom. The fraction of sp³-hybridized carbons (Fsp3) is 0.667. The third kappa shape index (κ3) is 2.40. The Morgan fingerprint density at radius 2 is 2.25 bits per heavy atom. The van der Waals surface area contributed by atoms with Gasteiger partial charge in [0.1, 0.15) is 17.6 Å². The molecule has 1 aliphatic heterocycles. The van der Waals surface area contributed by atoms with Crippen molar-refractivity contribution >= 4 is 5.84 Å². The number of nitrogens with zero attached hydrogens (tertiary/aromatic N) is 1. The van der Waals surface area contributed by atoms with E-state index in [0.29, 0.717) is 12.4 Å². The van der Waals surface area contributed by atoms with Gasteiger partial charge in [0.2, 0.25) is 0 Å². The van der Waals surface area contributed by atoms with Crippen molar-refractivity contribution in [3.05, 3.63) is 11.4 Å². The van der Waals surface area contributed by atoms with Gasteiger partial charge in [-0.2, -0.15) is 13.2 Å². The molecule has 0 aliphatic carbocycles. The number of rotatable bonds is 3. The van der Waals surface area contributed by atoms with Crippen LogP contribution in [0.2, 0.25) is 0 Å². The first kappa shape index (κ1) is 12.7. The average molecular weight is 236 g/mol. The van der Waals surface area contributed by atoms with Crippen molar-refractivity contribution in [3.8, 4) is 0 Å². The molecule has 4 N–H and O–H groups in total. The SMILES string of the molecule is CCN=C(N)C1=C(NC)NCC1C(F)(F)F. The van der Waals surface area contributed by atoms with Gasteiger partial charge >= 0.3 is 6.18 Å². The molecule has 1 heterocycles. The topological polar surface area (TPSA) is 62.4 Å². The van der Waals surface area contributed by atoms with Gasteiger partial charge in [0, 0.05) is 25.7 Å². The Bertz CT molecular complexity index is 319. The molecule has 16 heavy (non-hydrogen) atoms. The molecule has 1 rings (SSSR count). The summed E-state index contributed by atoms with van der Waals surface area (Å²) in [4.78, 5) is 3.83. The summed E-state index contributed by atoms with van der Waals surface area (Å²) in [6.45, 7) is 1.88. The van der Waals surface area contributed by atoms with Crippen LogP contribution in [0.5, 0.6) is 0 Å². The second kappa shape index (κ2) is 4.63. The molecule has 4 nitrogen and oxygen atoms in total. The first-order valence-electron chi connectivity index (χ1n) is 4.94. The molecule has 1 atom stereocenters. The quantitative estimate of drug-likeness (QED) is 0.496. The largest absolute Gasteiger partial charge is 0.397 e. The minimum absolute atomic E-state index is 0.0110. The van der Waals surface area contributed by atoms with E-state index in [1.54, 1.807) is 14.0 Å². The number of amidine groups is 1. The van der Waals surface area contributed by atoms with Crippen LogP contribution >= 0.6 is 0 Å². The van der Waals surface area contributed by atoms with Gasteiger partial charge in [-0.25, -0.2) is 0 Å². The van der Waals surface area contributed by atoms with E-state index in [9.17, 15) is 13.2 Å². The summed E-state index contributed by atoms with van der Waals surface area (Å²) in [5, 5.41) is 5.30. The Labute approximate surface area is 91.8 Å². The van der Waals surface area contributed by atoms with Crippen LogP contribution in [0, 0.1) is 5.92 Å². The molecule has 0 fully saturated rings. The molecule has 1 unspecified atom stereocenters. The number of nitrogens with one attached hydrogen (secondary N) is 2. The number of halogens is 3. The Morgan fingerprint density at radius 3 is 2.69 bits per heavy atom. The van der Waals surface area contributed by atoms with Gasteiger partial charge in [-0.3, -0.25) is 4.99 Å². The van der Waals surface area contributed by atoms with E-state index in [2.05, 4.69) is 15.6 Å². The fourth-order valence-corrected chi connectivity index (χ4v) is 1.64. The zero-order valence-electron chi connectivity index (χ0n) is 9.15. The van der Waals surface area contributed by atoms with Crippen LogP contribution in [-0.4, -0.2) is 32.1 Å². The van der Waals surface area contributed by atoms with Crippen molar-refractivity contribution in [3.63, 3.8) is 0 Å². The zero-order valence-corrected chi connectivity index (χ0v) is 9.15. The number of nitrogens with two attached hydrogens (primary N) is 1. The summed E-state index contributed by atoms with van der Waals surface area (Å²) in [5.74, 6) is -1.35. The highest BCUT2D eigenvalue weighted by Crippen LogP contribution is 2.35. The van der Waals surface area contributed by atoms with Crippen molar-refractivity contribution in [1.82, 2.24) is 10.6 Å². The first-order valence-corrected chi connectivity index (χ1v) is 4.94. The number of aliphatic imine (C=N–C) groups is 1. The molecule has 0 spiro atoms. The molecule has 0 saturated heterocycles. The maximum absolute atomic E-state index is 12.7. The molecule has 0 radical (unpaired) electrons. The normalized spacial score (nSPS) is 22.3. The lowest BCUT2D eigenvalue weighted by Crippen LogP contribution is -2.32. The number of hydrogen-bond donors (Lipinski definition) is 3. The van der Waals surface area contributed by atoms with Crippen LogP contribution in [0.15, 0.2) is 16.4 Å². The summed E-state index contributed by atoms with van der Waals surface area (Å²) in [5.41, 5.74) is 5.57. The first-order chi connectivity index (χ1) is 7.41. The highest BCUT2D eigenvalue weighted by Gasteiger charge is 2.47. The standard InChI is InChI=1S/C9H15F3N4/c1-3-15-7(13)6-5(9(10,11)12)4-16-8(6)14-2/h5,14,16H,3-4H2,1-2H3,(H2,13,15). The minimum Gasteiger partial charge on any atom is -0.384 e. The second-order valence-electron chi connectivity index (χ2n) is 3.37.